The molecule has 2 rings (SSSR count). The Labute approximate surface area is 187 Å². The minimum Gasteiger partial charge on any atom is -0.376 e. The van der Waals surface area contributed by atoms with Crippen molar-refractivity contribution in [2.24, 2.45) is 0 Å². The largest absolute Gasteiger partial charge is 0.534 e. The lowest BCUT2D eigenvalue weighted by atomic mass is 10.0. The predicted molar refractivity (Wildman–Crippen MR) is 111 cm³/mol. The molecule has 0 unspecified atom stereocenters. The molecule has 0 amide bonds. The van der Waals surface area contributed by atoms with Crippen molar-refractivity contribution >= 4 is 33.5 Å². The number of aryl methyl sites for hydroxylation is 1. The van der Waals surface area contributed by atoms with Crippen molar-refractivity contribution < 1.29 is 51.5 Å². The molecule has 0 radical (unpaired) electrons. The average Bonchev–Trinajstić information content (AvgIpc) is 2.57. The number of halogens is 6. The molecule has 184 valence electrons. The van der Waals surface area contributed by atoms with E-state index in [0.717, 1.165) is 12.1 Å². The van der Waals surface area contributed by atoms with Gasteiger partial charge in [0, 0.05) is 5.19 Å². The maximum atomic E-state index is 13.0. The van der Waals surface area contributed by atoms with Crippen molar-refractivity contribution in [3.8, 4) is 22.6 Å². The molecular weight excluding hydrogens is 518 g/mol. The zero-order chi connectivity index (χ0) is 25.6. The Morgan fingerprint density at radius 2 is 1.15 bits per heavy atom. The van der Waals surface area contributed by atoms with Gasteiger partial charge in [-0.3, -0.25) is 0 Å². The Bertz CT molecular complexity index is 1200. The molecule has 0 aliphatic rings. The summed E-state index contributed by atoms with van der Waals surface area (Å²) >= 11 is 0. The monoisotopic (exact) mass is 536 g/mol. The van der Waals surface area contributed by atoms with E-state index in [1.807, 2.05) is 0 Å². The van der Waals surface area contributed by atoms with Gasteiger partial charge in [-0.25, -0.2) is 0 Å². The van der Waals surface area contributed by atoms with Crippen LogP contribution < -0.4 is 13.6 Å². The highest BCUT2D eigenvalue weighted by molar-refractivity contribution is 7.88. The summed E-state index contributed by atoms with van der Waals surface area (Å²) in [5.74, 6) is -1.95. The van der Waals surface area contributed by atoms with Gasteiger partial charge in [0.05, 0.1) is 8.07 Å². The fourth-order valence-electron chi connectivity index (χ4n) is 2.78. The van der Waals surface area contributed by atoms with Crippen molar-refractivity contribution in [1.29, 1.82) is 0 Å². The predicted octanol–water partition coefficient (Wildman–Crippen LogP) is 4.66. The lowest BCUT2D eigenvalue weighted by Gasteiger charge is -2.25. The lowest BCUT2D eigenvalue weighted by molar-refractivity contribution is -0.0502. The van der Waals surface area contributed by atoms with Gasteiger partial charge in [-0.1, -0.05) is 49.5 Å². The fourth-order valence-corrected chi connectivity index (χ4v) is 5.58. The summed E-state index contributed by atoms with van der Waals surface area (Å²) < 4.78 is 133. The van der Waals surface area contributed by atoms with E-state index in [1.54, 1.807) is 13.0 Å². The highest BCUT2D eigenvalue weighted by atomic mass is 32.2. The zero-order valence-corrected chi connectivity index (χ0v) is 20.1. The van der Waals surface area contributed by atoms with Gasteiger partial charge in [-0.05, 0) is 30.2 Å². The molecule has 0 N–H and O–H groups in total. The summed E-state index contributed by atoms with van der Waals surface area (Å²) in [6.45, 7) is 5.93. The first-order valence-electron chi connectivity index (χ1n) is 8.93. The van der Waals surface area contributed by atoms with Crippen LogP contribution in [0, 0.1) is 6.92 Å². The Hall–Kier alpha value is -2.26. The van der Waals surface area contributed by atoms with E-state index in [-0.39, 0.29) is 11.1 Å². The summed E-state index contributed by atoms with van der Waals surface area (Å²) in [6, 6.07) is 7.87. The molecule has 0 saturated heterocycles. The molecule has 0 bridgehead atoms. The minimum atomic E-state index is -6.23. The van der Waals surface area contributed by atoms with Crippen molar-refractivity contribution in [1.82, 2.24) is 0 Å². The molecule has 0 fully saturated rings. The molecule has 15 heteroatoms. The van der Waals surface area contributed by atoms with E-state index in [4.69, 9.17) is 0 Å². The first-order valence-corrected chi connectivity index (χ1v) is 15.2. The molecule has 2 aromatic rings. The van der Waals surface area contributed by atoms with Crippen LogP contribution in [-0.2, 0) is 20.2 Å². The van der Waals surface area contributed by atoms with E-state index in [9.17, 15) is 43.2 Å². The van der Waals surface area contributed by atoms with E-state index in [0.29, 0.717) is 5.56 Å². The molecule has 0 aliphatic carbocycles. The van der Waals surface area contributed by atoms with Gasteiger partial charge in [-0.15, -0.1) is 0 Å². The summed E-state index contributed by atoms with van der Waals surface area (Å²) in [5, 5.41) is -0.500. The van der Waals surface area contributed by atoms with Crippen LogP contribution in [0.4, 0.5) is 26.3 Å². The topological polar surface area (TPSA) is 86.7 Å². The Balaban J connectivity index is 2.92. The smallest absolute Gasteiger partial charge is 0.376 e. The van der Waals surface area contributed by atoms with Gasteiger partial charge in [0.2, 0.25) is 0 Å². The van der Waals surface area contributed by atoms with Gasteiger partial charge >= 0.3 is 31.3 Å². The lowest BCUT2D eigenvalue weighted by Crippen LogP contribution is -2.42. The molecule has 0 heterocycles. The Kier molecular flexibility index (Phi) is 6.95. The maximum Gasteiger partial charge on any atom is 0.534 e. The van der Waals surface area contributed by atoms with Gasteiger partial charge < -0.3 is 8.37 Å². The average molecular weight is 537 g/mol. The third kappa shape index (κ3) is 6.00. The number of alkyl halides is 6. The second-order valence-electron chi connectivity index (χ2n) is 7.93. The molecule has 0 spiro atoms. The first-order chi connectivity index (χ1) is 14.7. The summed E-state index contributed by atoms with van der Waals surface area (Å²) in [4.78, 5) is 0. The van der Waals surface area contributed by atoms with Crippen LogP contribution in [0.3, 0.4) is 0 Å². The normalized spacial score (nSPS) is 13.6. The molecule has 0 atom stereocenters. The SMILES string of the molecule is Cc1cccc(-c2cc(OS(=O)(=O)C(F)(F)F)c([Si](C)(C)C)c(OS(=O)(=O)C(F)(F)F)c2)c1. The quantitative estimate of drug-likeness (QED) is 0.231. The van der Waals surface area contributed by atoms with Crippen molar-refractivity contribution in [3.05, 3.63) is 42.0 Å². The number of hydrogen-bond acceptors (Lipinski definition) is 6. The van der Waals surface area contributed by atoms with Gasteiger partial charge in [0.1, 0.15) is 11.5 Å². The molecule has 2 aromatic carbocycles. The second kappa shape index (κ2) is 8.50. The fraction of sp³-hybridized carbons (Fsp3) is 0.333. The first kappa shape index (κ1) is 27.0. The van der Waals surface area contributed by atoms with Crippen LogP contribution in [0.15, 0.2) is 36.4 Å². The van der Waals surface area contributed by atoms with Crippen LogP contribution in [0.1, 0.15) is 5.56 Å². The Morgan fingerprint density at radius 1 is 0.727 bits per heavy atom. The standard InChI is InChI=1S/C18H18F6O6S2Si/c1-11-6-5-7-12(8-11)13-9-14(29-31(25,26)17(19,20)21)16(33(2,3)4)15(10-13)30-32(27,28)18(22,23)24/h5-10H,1-4H3. The number of benzene rings is 2. The second-order valence-corrected chi connectivity index (χ2v) is 16.0. The molecule has 0 saturated carbocycles. The highest BCUT2D eigenvalue weighted by Gasteiger charge is 2.51. The van der Waals surface area contributed by atoms with E-state index in [1.165, 1.54) is 37.8 Å². The molecule has 6 nitrogen and oxygen atoms in total. The highest BCUT2D eigenvalue weighted by Crippen LogP contribution is 2.36. The third-order valence-electron chi connectivity index (χ3n) is 4.13. The van der Waals surface area contributed by atoms with Crippen LogP contribution in [0.25, 0.3) is 11.1 Å². The molecular formula is C18H18F6O6S2Si. The number of hydrogen-bond donors (Lipinski definition) is 0. The van der Waals surface area contributed by atoms with E-state index < -0.39 is 56.0 Å². The van der Waals surface area contributed by atoms with Crippen molar-refractivity contribution in [2.75, 3.05) is 0 Å². The van der Waals surface area contributed by atoms with Crippen LogP contribution in [0.5, 0.6) is 11.5 Å². The summed E-state index contributed by atoms with van der Waals surface area (Å²) in [7, 11) is -15.6. The third-order valence-corrected chi connectivity index (χ3v) is 8.06. The van der Waals surface area contributed by atoms with Crippen LogP contribution in [0.2, 0.25) is 19.6 Å². The van der Waals surface area contributed by atoms with E-state index >= 15 is 0 Å². The van der Waals surface area contributed by atoms with Crippen molar-refractivity contribution in [3.63, 3.8) is 0 Å². The molecule has 0 aliphatic heterocycles. The summed E-state index contributed by atoms with van der Waals surface area (Å²) in [5.41, 5.74) is -10.9. The summed E-state index contributed by atoms with van der Waals surface area (Å²) in [6.07, 6.45) is 0. The molecule has 0 aromatic heterocycles. The van der Waals surface area contributed by atoms with Crippen molar-refractivity contribution in [2.45, 2.75) is 37.6 Å². The van der Waals surface area contributed by atoms with E-state index in [2.05, 4.69) is 8.37 Å². The zero-order valence-electron chi connectivity index (χ0n) is 17.5. The maximum absolute atomic E-state index is 13.0. The minimum absolute atomic E-state index is 0.125. The van der Waals surface area contributed by atoms with Crippen LogP contribution >= 0.6 is 0 Å². The number of rotatable bonds is 6. The van der Waals surface area contributed by atoms with Crippen LogP contribution in [-0.4, -0.2) is 35.9 Å². The van der Waals surface area contributed by atoms with Gasteiger partial charge in [-0.2, -0.15) is 43.2 Å². The van der Waals surface area contributed by atoms with Gasteiger partial charge in [0.25, 0.3) is 0 Å². The van der Waals surface area contributed by atoms with Gasteiger partial charge in [0.15, 0.2) is 0 Å². The Morgan fingerprint density at radius 3 is 1.48 bits per heavy atom. The molecule has 33 heavy (non-hydrogen) atoms.